The van der Waals surface area contributed by atoms with Crippen molar-refractivity contribution in [2.45, 2.75) is 38.8 Å². The number of benzene rings is 2. The van der Waals surface area contributed by atoms with Crippen molar-refractivity contribution in [2.24, 2.45) is 0 Å². The van der Waals surface area contributed by atoms with Crippen LogP contribution in [0.4, 0.5) is 4.79 Å². The molecule has 2 rings (SSSR count). The number of ether oxygens (including phenoxy) is 1. The number of carbonyl (C=O) groups is 2. The molecule has 0 bridgehead atoms. The molecule has 7 heteroatoms. The smallest absolute Gasteiger partial charge is 0.317 e. The summed E-state index contributed by atoms with van der Waals surface area (Å²) in [6.45, 7) is 4.16. The number of aliphatic hydroxyl groups excluding tert-OH is 1. The van der Waals surface area contributed by atoms with Crippen LogP contribution in [-0.4, -0.2) is 59.0 Å². The first-order valence-corrected chi connectivity index (χ1v) is 9.43. The van der Waals surface area contributed by atoms with Gasteiger partial charge in [-0.05, 0) is 31.7 Å². The highest BCUT2D eigenvalue weighted by molar-refractivity contribution is 5.88. The molecule has 3 N–H and O–H groups in total. The molecule has 0 saturated carbocycles. The predicted octanol–water partition coefficient (Wildman–Crippen LogP) is 2.86. The van der Waals surface area contributed by atoms with E-state index >= 15 is 0 Å². The monoisotopic (exact) mass is 388 g/mol. The van der Waals surface area contributed by atoms with Crippen LogP contribution in [0, 0.1) is 0 Å². The normalized spacial score (nSPS) is 12.0. The van der Waals surface area contributed by atoms with Gasteiger partial charge in [0.2, 0.25) is 0 Å². The molecular weight excluding hydrogens is 360 g/mol. The van der Waals surface area contributed by atoms with E-state index in [1.54, 1.807) is 0 Å². The fourth-order valence-corrected chi connectivity index (χ4v) is 2.85. The zero-order chi connectivity index (χ0) is 20.5. The number of carboxylic acid groups (broad SMARTS) is 1. The number of carboxylic acids is 1. The Morgan fingerprint density at radius 2 is 1.86 bits per heavy atom. The lowest BCUT2D eigenvalue weighted by molar-refractivity contribution is -0.137. The molecule has 152 valence electrons. The van der Waals surface area contributed by atoms with Crippen molar-refractivity contribution in [2.75, 3.05) is 19.7 Å². The van der Waals surface area contributed by atoms with Gasteiger partial charge in [-0.2, -0.15) is 0 Å². The second-order valence-corrected chi connectivity index (χ2v) is 6.92. The highest BCUT2D eigenvalue weighted by Crippen LogP contribution is 2.25. The summed E-state index contributed by atoms with van der Waals surface area (Å²) in [5.74, 6) is -0.206. The first-order valence-electron chi connectivity index (χ1n) is 9.43. The minimum absolute atomic E-state index is 0.00343. The molecule has 28 heavy (non-hydrogen) atoms. The summed E-state index contributed by atoms with van der Waals surface area (Å²) < 4.78 is 5.79. The molecular formula is C21H28N2O5. The SMILES string of the molecule is CC(C)N(CC(O)COc1cccc2ccccc12)C(=O)NCCCC(=O)O. The van der Waals surface area contributed by atoms with Crippen LogP contribution in [0.25, 0.3) is 10.8 Å². The Morgan fingerprint density at radius 1 is 1.14 bits per heavy atom. The Hall–Kier alpha value is -2.80. The number of hydrogen-bond donors (Lipinski definition) is 3. The molecule has 0 fully saturated rings. The van der Waals surface area contributed by atoms with Crippen molar-refractivity contribution in [1.82, 2.24) is 10.2 Å². The summed E-state index contributed by atoms with van der Waals surface area (Å²) in [4.78, 5) is 24.4. The number of aliphatic carboxylic acids is 1. The van der Waals surface area contributed by atoms with Crippen LogP contribution in [0.1, 0.15) is 26.7 Å². The van der Waals surface area contributed by atoms with Gasteiger partial charge in [-0.1, -0.05) is 36.4 Å². The highest BCUT2D eigenvalue weighted by Gasteiger charge is 2.20. The van der Waals surface area contributed by atoms with Gasteiger partial charge in [-0.15, -0.1) is 0 Å². The zero-order valence-corrected chi connectivity index (χ0v) is 16.3. The number of aliphatic hydroxyl groups is 1. The fourth-order valence-electron chi connectivity index (χ4n) is 2.85. The minimum Gasteiger partial charge on any atom is -0.490 e. The Balaban J connectivity index is 1.88. The lowest BCUT2D eigenvalue weighted by Crippen LogP contribution is -2.48. The maximum Gasteiger partial charge on any atom is 0.317 e. The second kappa shape index (κ2) is 10.5. The molecule has 0 aliphatic carbocycles. The van der Waals surface area contributed by atoms with Crippen molar-refractivity contribution in [3.8, 4) is 5.75 Å². The number of amides is 2. The van der Waals surface area contributed by atoms with E-state index in [4.69, 9.17) is 9.84 Å². The summed E-state index contributed by atoms with van der Waals surface area (Å²) in [5, 5.41) is 23.7. The second-order valence-electron chi connectivity index (χ2n) is 6.92. The van der Waals surface area contributed by atoms with Gasteiger partial charge in [0.1, 0.15) is 18.5 Å². The molecule has 2 aromatic carbocycles. The van der Waals surface area contributed by atoms with Gasteiger partial charge in [0, 0.05) is 24.4 Å². The van der Waals surface area contributed by atoms with E-state index < -0.39 is 12.1 Å². The largest absolute Gasteiger partial charge is 0.490 e. The number of nitrogens with one attached hydrogen (secondary N) is 1. The summed E-state index contributed by atoms with van der Waals surface area (Å²) in [6, 6.07) is 13.1. The van der Waals surface area contributed by atoms with Crippen molar-refractivity contribution in [1.29, 1.82) is 0 Å². The Bertz CT molecular complexity index is 788. The van der Waals surface area contributed by atoms with Gasteiger partial charge in [0.05, 0.1) is 6.54 Å². The topological polar surface area (TPSA) is 99.1 Å². The van der Waals surface area contributed by atoms with Gasteiger partial charge in [0.25, 0.3) is 0 Å². The minimum atomic E-state index is -0.893. The molecule has 2 aromatic rings. The Morgan fingerprint density at radius 3 is 2.57 bits per heavy atom. The van der Waals surface area contributed by atoms with Crippen LogP contribution < -0.4 is 10.1 Å². The zero-order valence-electron chi connectivity index (χ0n) is 16.3. The number of hydrogen-bond acceptors (Lipinski definition) is 4. The van der Waals surface area contributed by atoms with Crippen LogP contribution in [0.2, 0.25) is 0 Å². The van der Waals surface area contributed by atoms with Gasteiger partial charge < -0.3 is 25.2 Å². The average Bonchev–Trinajstić information content (AvgIpc) is 2.67. The van der Waals surface area contributed by atoms with E-state index in [2.05, 4.69) is 5.32 Å². The summed E-state index contributed by atoms with van der Waals surface area (Å²) in [6.07, 6.45) is -0.491. The van der Waals surface area contributed by atoms with E-state index in [1.165, 1.54) is 4.90 Å². The van der Waals surface area contributed by atoms with Gasteiger partial charge in [0.15, 0.2) is 0 Å². The van der Waals surface area contributed by atoms with Crippen molar-refractivity contribution >= 4 is 22.8 Å². The maximum atomic E-state index is 12.3. The molecule has 0 saturated heterocycles. The quantitative estimate of drug-likeness (QED) is 0.544. The molecule has 1 unspecified atom stereocenters. The van der Waals surface area contributed by atoms with E-state index in [9.17, 15) is 14.7 Å². The molecule has 0 aliphatic rings. The van der Waals surface area contributed by atoms with Crippen molar-refractivity contribution in [3.63, 3.8) is 0 Å². The third kappa shape index (κ3) is 6.42. The summed E-state index contributed by atoms with van der Waals surface area (Å²) in [7, 11) is 0. The van der Waals surface area contributed by atoms with Crippen LogP contribution in [-0.2, 0) is 4.79 Å². The first-order chi connectivity index (χ1) is 13.4. The van der Waals surface area contributed by atoms with Gasteiger partial charge >= 0.3 is 12.0 Å². The first kappa shape index (κ1) is 21.5. The standard InChI is InChI=1S/C21H28N2O5/c1-15(2)23(21(27)22-12-6-11-20(25)26)13-17(24)14-28-19-10-5-8-16-7-3-4-9-18(16)19/h3-5,7-10,15,17,24H,6,11-14H2,1-2H3,(H,22,27)(H,25,26). The molecule has 0 aliphatic heterocycles. The summed E-state index contributed by atoms with van der Waals surface area (Å²) >= 11 is 0. The number of carbonyl (C=O) groups excluding carboxylic acids is 1. The van der Waals surface area contributed by atoms with E-state index in [1.807, 2.05) is 56.3 Å². The van der Waals surface area contributed by atoms with E-state index in [0.717, 1.165) is 10.8 Å². The predicted molar refractivity (Wildman–Crippen MR) is 108 cm³/mol. The molecule has 0 heterocycles. The molecule has 0 spiro atoms. The fraction of sp³-hybridized carbons (Fsp3) is 0.429. The van der Waals surface area contributed by atoms with Crippen molar-refractivity contribution < 1.29 is 24.5 Å². The molecule has 7 nitrogen and oxygen atoms in total. The molecule has 0 radical (unpaired) electrons. The van der Waals surface area contributed by atoms with Gasteiger partial charge in [-0.3, -0.25) is 4.79 Å². The highest BCUT2D eigenvalue weighted by atomic mass is 16.5. The lowest BCUT2D eigenvalue weighted by Gasteiger charge is -2.29. The van der Waals surface area contributed by atoms with E-state index in [-0.39, 0.29) is 38.2 Å². The van der Waals surface area contributed by atoms with Crippen LogP contribution in [0.5, 0.6) is 5.75 Å². The third-order valence-electron chi connectivity index (χ3n) is 4.32. The Labute approximate surface area is 164 Å². The molecule has 0 aromatic heterocycles. The van der Waals surface area contributed by atoms with E-state index in [0.29, 0.717) is 12.2 Å². The van der Waals surface area contributed by atoms with Crippen LogP contribution in [0.15, 0.2) is 42.5 Å². The lowest BCUT2D eigenvalue weighted by atomic mass is 10.1. The van der Waals surface area contributed by atoms with Crippen molar-refractivity contribution in [3.05, 3.63) is 42.5 Å². The van der Waals surface area contributed by atoms with Crippen LogP contribution in [0.3, 0.4) is 0 Å². The maximum absolute atomic E-state index is 12.3. The number of urea groups is 1. The summed E-state index contributed by atoms with van der Waals surface area (Å²) in [5.41, 5.74) is 0. The van der Waals surface area contributed by atoms with Crippen LogP contribution >= 0.6 is 0 Å². The number of rotatable bonds is 10. The average molecular weight is 388 g/mol. The van der Waals surface area contributed by atoms with Gasteiger partial charge in [-0.25, -0.2) is 4.79 Å². The molecule has 2 amide bonds. The molecule has 1 atom stereocenters. The Kier molecular flexibility index (Phi) is 8.07. The third-order valence-corrected chi connectivity index (χ3v) is 4.32. The number of fused-ring (bicyclic) bond motifs is 1. The number of nitrogens with zero attached hydrogens (tertiary/aromatic N) is 1.